The Hall–Kier alpha value is -1.43. The molecule has 16 heavy (non-hydrogen) atoms. The largest absolute Gasteiger partial charge is 0.330 e. The zero-order valence-corrected chi connectivity index (χ0v) is 9.20. The van der Waals surface area contributed by atoms with Crippen LogP contribution in [0.15, 0.2) is 0 Å². The molecule has 0 saturated carbocycles. The molecule has 0 aromatic heterocycles. The maximum absolute atomic E-state index is 11.6. The van der Waals surface area contributed by atoms with Crippen LogP contribution in [0.3, 0.4) is 0 Å². The van der Waals surface area contributed by atoms with Gasteiger partial charge in [-0.05, 0) is 19.4 Å². The molecule has 0 unspecified atom stereocenters. The average Bonchev–Trinajstić information content (AvgIpc) is 2.22. The van der Waals surface area contributed by atoms with E-state index in [0.717, 1.165) is 19.3 Å². The molecule has 1 heterocycles. The Kier molecular flexibility index (Phi) is 4.91. The fourth-order valence-electron chi connectivity index (χ4n) is 1.57. The molecule has 1 saturated heterocycles. The Morgan fingerprint density at radius 1 is 1.19 bits per heavy atom. The summed E-state index contributed by atoms with van der Waals surface area (Å²) in [4.78, 5) is 35.0. The highest BCUT2D eigenvalue weighted by Gasteiger charge is 2.25. The second kappa shape index (κ2) is 6.22. The predicted octanol–water partition coefficient (Wildman–Crippen LogP) is -1.01. The van der Waals surface area contributed by atoms with E-state index in [1.54, 1.807) is 0 Å². The van der Waals surface area contributed by atoms with Crippen molar-refractivity contribution >= 4 is 17.7 Å². The van der Waals surface area contributed by atoms with E-state index in [1.165, 1.54) is 4.90 Å². The van der Waals surface area contributed by atoms with Gasteiger partial charge in [0.2, 0.25) is 17.7 Å². The van der Waals surface area contributed by atoms with Crippen LogP contribution in [0.5, 0.6) is 0 Å². The van der Waals surface area contributed by atoms with E-state index >= 15 is 0 Å². The van der Waals surface area contributed by atoms with Gasteiger partial charge in [0, 0.05) is 6.42 Å². The fraction of sp³-hybridized carbons (Fsp3) is 0.700. The summed E-state index contributed by atoms with van der Waals surface area (Å²) in [5, 5.41) is 2.15. The summed E-state index contributed by atoms with van der Waals surface area (Å²) in [6.45, 7) is 0.599. The summed E-state index contributed by atoms with van der Waals surface area (Å²) in [7, 11) is 0. The second-order valence-corrected chi connectivity index (χ2v) is 3.82. The van der Waals surface area contributed by atoms with Crippen LogP contribution < -0.4 is 11.1 Å². The Bertz CT molecular complexity index is 275. The highest BCUT2D eigenvalue weighted by molar-refractivity contribution is 6.02. The Balaban J connectivity index is 2.30. The standard InChI is InChI=1S/C10H17N3O3/c11-5-3-1-2-4-10(16)13-6-8(14)12-9(15)7-13/h1-7,11H2,(H,12,14,15). The number of carbonyl (C=O) groups is 3. The molecule has 0 aliphatic carbocycles. The van der Waals surface area contributed by atoms with Gasteiger partial charge in [0.1, 0.15) is 13.1 Å². The van der Waals surface area contributed by atoms with E-state index in [0.29, 0.717) is 13.0 Å². The molecule has 0 radical (unpaired) electrons. The van der Waals surface area contributed by atoms with Gasteiger partial charge in [0.15, 0.2) is 0 Å². The van der Waals surface area contributed by atoms with Gasteiger partial charge in [-0.2, -0.15) is 0 Å². The molecule has 0 bridgehead atoms. The van der Waals surface area contributed by atoms with Gasteiger partial charge < -0.3 is 10.6 Å². The molecule has 1 fully saturated rings. The lowest BCUT2D eigenvalue weighted by Gasteiger charge is -2.25. The van der Waals surface area contributed by atoms with Gasteiger partial charge in [-0.1, -0.05) is 6.42 Å². The molecule has 0 atom stereocenters. The zero-order chi connectivity index (χ0) is 12.0. The van der Waals surface area contributed by atoms with Crippen molar-refractivity contribution in [1.82, 2.24) is 10.2 Å². The quantitative estimate of drug-likeness (QED) is 0.465. The van der Waals surface area contributed by atoms with Crippen molar-refractivity contribution in [2.24, 2.45) is 5.73 Å². The van der Waals surface area contributed by atoms with E-state index < -0.39 is 11.8 Å². The van der Waals surface area contributed by atoms with Crippen LogP contribution >= 0.6 is 0 Å². The lowest BCUT2D eigenvalue weighted by atomic mass is 10.1. The maximum atomic E-state index is 11.6. The summed E-state index contributed by atoms with van der Waals surface area (Å²) in [6, 6.07) is 0. The third-order valence-electron chi connectivity index (χ3n) is 2.40. The first-order chi connectivity index (χ1) is 7.63. The first-order valence-electron chi connectivity index (χ1n) is 5.44. The van der Waals surface area contributed by atoms with Gasteiger partial charge >= 0.3 is 0 Å². The number of nitrogens with one attached hydrogen (secondary N) is 1. The number of piperazine rings is 1. The minimum absolute atomic E-state index is 0.0124. The topological polar surface area (TPSA) is 92.5 Å². The highest BCUT2D eigenvalue weighted by Crippen LogP contribution is 2.04. The molecule has 3 N–H and O–H groups in total. The van der Waals surface area contributed by atoms with Crippen LogP contribution in [0.2, 0.25) is 0 Å². The van der Waals surface area contributed by atoms with Crippen molar-refractivity contribution in [3.63, 3.8) is 0 Å². The molecular formula is C10H17N3O3. The number of amides is 3. The van der Waals surface area contributed by atoms with E-state index in [-0.39, 0.29) is 19.0 Å². The van der Waals surface area contributed by atoms with Gasteiger partial charge in [0.05, 0.1) is 0 Å². The Labute approximate surface area is 94.2 Å². The van der Waals surface area contributed by atoms with E-state index in [9.17, 15) is 14.4 Å². The van der Waals surface area contributed by atoms with Crippen molar-refractivity contribution in [1.29, 1.82) is 0 Å². The van der Waals surface area contributed by atoms with E-state index in [4.69, 9.17) is 5.73 Å². The molecule has 1 rings (SSSR count). The number of unbranched alkanes of at least 4 members (excludes halogenated alkanes) is 2. The zero-order valence-electron chi connectivity index (χ0n) is 9.20. The number of carbonyl (C=O) groups excluding carboxylic acids is 3. The summed E-state index contributed by atoms with van der Waals surface area (Å²) in [6.07, 6.45) is 2.92. The first-order valence-corrected chi connectivity index (χ1v) is 5.44. The minimum atomic E-state index is -0.411. The lowest BCUT2D eigenvalue weighted by Crippen LogP contribution is -2.53. The second-order valence-electron chi connectivity index (χ2n) is 3.82. The molecule has 1 aliphatic heterocycles. The Morgan fingerprint density at radius 2 is 1.81 bits per heavy atom. The fourth-order valence-corrected chi connectivity index (χ4v) is 1.57. The summed E-state index contributed by atoms with van der Waals surface area (Å²) >= 11 is 0. The van der Waals surface area contributed by atoms with Crippen molar-refractivity contribution in [2.75, 3.05) is 19.6 Å². The van der Waals surface area contributed by atoms with Crippen LogP contribution in [-0.4, -0.2) is 42.3 Å². The molecule has 6 heteroatoms. The van der Waals surface area contributed by atoms with Crippen molar-refractivity contribution in [3.8, 4) is 0 Å². The Morgan fingerprint density at radius 3 is 2.38 bits per heavy atom. The predicted molar refractivity (Wildman–Crippen MR) is 57.3 cm³/mol. The highest BCUT2D eigenvalue weighted by atomic mass is 16.2. The summed E-state index contributed by atoms with van der Waals surface area (Å²) < 4.78 is 0. The van der Waals surface area contributed by atoms with Crippen LogP contribution in [0.4, 0.5) is 0 Å². The van der Waals surface area contributed by atoms with Crippen molar-refractivity contribution in [2.45, 2.75) is 25.7 Å². The van der Waals surface area contributed by atoms with Crippen LogP contribution in [0.25, 0.3) is 0 Å². The maximum Gasteiger partial charge on any atom is 0.246 e. The summed E-state index contributed by atoms with van der Waals surface area (Å²) in [5.74, 6) is -0.960. The number of nitrogens with two attached hydrogens (primary N) is 1. The number of rotatable bonds is 5. The van der Waals surface area contributed by atoms with Gasteiger partial charge in [-0.3, -0.25) is 19.7 Å². The minimum Gasteiger partial charge on any atom is -0.330 e. The lowest BCUT2D eigenvalue weighted by molar-refractivity contribution is -0.145. The normalized spacial score (nSPS) is 16.2. The van der Waals surface area contributed by atoms with Crippen molar-refractivity contribution < 1.29 is 14.4 Å². The third kappa shape index (κ3) is 3.98. The van der Waals surface area contributed by atoms with E-state index in [2.05, 4.69) is 5.32 Å². The molecule has 6 nitrogen and oxygen atoms in total. The number of imide groups is 1. The number of nitrogens with zero attached hydrogens (tertiary/aromatic N) is 1. The van der Waals surface area contributed by atoms with Crippen LogP contribution in [0.1, 0.15) is 25.7 Å². The monoisotopic (exact) mass is 227 g/mol. The summed E-state index contributed by atoms with van der Waals surface area (Å²) in [5.41, 5.74) is 5.33. The molecular weight excluding hydrogens is 210 g/mol. The van der Waals surface area contributed by atoms with Gasteiger partial charge in [-0.15, -0.1) is 0 Å². The SMILES string of the molecule is NCCCCCC(=O)N1CC(=O)NC(=O)C1. The average molecular weight is 227 g/mol. The smallest absolute Gasteiger partial charge is 0.246 e. The van der Waals surface area contributed by atoms with Crippen LogP contribution in [0, 0.1) is 0 Å². The first kappa shape index (κ1) is 12.6. The van der Waals surface area contributed by atoms with Gasteiger partial charge in [0.25, 0.3) is 0 Å². The number of hydrogen-bond acceptors (Lipinski definition) is 4. The molecule has 90 valence electrons. The van der Waals surface area contributed by atoms with Gasteiger partial charge in [-0.25, -0.2) is 0 Å². The third-order valence-corrected chi connectivity index (χ3v) is 2.40. The molecule has 0 aromatic carbocycles. The molecule has 0 aromatic rings. The molecule has 3 amide bonds. The van der Waals surface area contributed by atoms with E-state index in [1.807, 2.05) is 0 Å². The molecule has 1 aliphatic rings. The van der Waals surface area contributed by atoms with Crippen molar-refractivity contribution in [3.05, 3.63) is 0 Å². The molecule has 0 spiro atoms. The van der Waals surface area contributed by atoms with Crippen LogP contribution in [-0.2, 0) is 14.4 Å². The number of hydrogen-bond donors (Lipinski definition) is 2.